The quantitative estimate of drug-likeness (QED) is 0.576. The Balaban J connectivity index is 2.17. The Labute approximate surface area is 118 Å². The molecule has 0 saturated carbocycles. The number of hydrogen-bond donors (Lipinski definition) is 2. The molecule has 1 aromatic rings. The summed E-state index contributed by atoms with van der Waals surface area (Å²) in [4.78, 5) is 22.6. The second-order valence-electron chi connectivity index (χ2n) is 4.55. The SMILES string of the molecule is CC(C)NC(=O)COC(=O)CCOc1ccc(N)cc1. The average molecular weight is 280 g/mol. The molecule has 6 nitrogen and oxygen atoms in total. The molecule has 0 spiro atoms. The molecule has 0 aromatic heterocycles. The van der Waals surface area contributed by atoms with Gasteiger partial charge in [0, 0.05) is 11.7 Å². The molecule has 0 unspecified atom stereocenters. The van der Waals surface area contributed by atoms with Crippen LogP contribution in [-0.4, -0.2) is 31.1 Å². The van der Waals surface area contributed by atoms with Crippen molar-refractivity contribution in [2.75, 3.05) is 18.9 Å². The van der Waals surface area contributed by atoms with Gasteiger partial charge in [-0.05, 0) is 38.1 Å². The minimum Gasteiger partial charge on any atom is -0.493 e. The number of amides is 1. The predicted molar refractivity (Wildman–Crippen MR) is 75.2 cm³/mol. The fraction of sp³-hybridized carbons (Fsp3) is 0.429. The van der Waals surface area contributed by atoms with E-state index in [0.29, 0.717) is 11.4 Å². The van der Waals surface area contributed by atoms with E-state index in [0.717, 1.165) is 0 Å². The van der Waals surface area contributed by atoms with Crippen molar-refractivity contribution < 1.29 is 19.1 Å². The lowest BCUT2D eigenvalue weighted by molar-refractivity contribution is -0.149. The van der Waals surface area contributed by atoms with Gasteiger partial charge < -0.3 is 20.5 Å². The van der Waals surface area contributed by atoms with Gasteiger partial charge in [0.1, 0.15) is 5.75 Å². The van der Waals surface area contributed by atoms with Crippen molar-refractivity contribution in [1.82, 2.24) is 5.32 Å². The van der Waals surface area contributed by atoms with E-state index in [9.17, 15) is 9.59 Å². The van der Waals surface area contributed by atoms with Crippen molar-refractivity contribution in [1.29, 1.82) is 0 Å². The predicted octanol–water partition coefficient (Wildman–Crippen LogP) is 1.11. The maximum absolute atomic E-state index is 11.4. The van der Waals surface area contributed by atoms with Crippen LogP contribution in [0.1, 0.15) is 20.3 Å². The van der Waals surface area contributed by atoms with Gasteiger partial charge in [0.2, 0.25) is 0 Å². The highest BCUT2D eigenvalue weighted by atomic mass is 16.5. The fourth-order valence-corrected chi connectivity index (χ4v) is 1.40. The van der Waals surface area contributed by atoms with Crippen LogP contribution in [0.5, 0.6) is 5.75 Å². The van der Waals surface area contributed by atoms with Crippen LogP contribution in [0.15, 0.2) is 24.3 Å². The third-order valence-electron chi connectivity index (χ3n) is 2.27. The first-order valence-electron chi connectivity index (χ1n) is 6.40. The molecule has 1 aromatic carbocycles. The van der Waals surface area contributed by atoms with Gasteiger partial charge in [0.15, 0.2) is 6.61 Å². The smallest absolute Gasteiger partial charge is 0.309 e. The summed E-state index contributed by atoms with van der Waals surface area (Å²) in [6.07, 6.45) is 0.0827. The van der Waals surface area contributed by atoms with Crippen molar-refractivity contribution in [3.63, 3.8) is 0 Å². The van der Waals surface area contributed by atoms with Crippen LogP contribution < -0.4 is 15.8 Å². The van der Waals surface area contributed by atoms with E-state index in [1.807, 2.05) is 13.8 Å². The van der Waals surface area contributed by atoms with Gasteiger partial charge in [-0.3, -0.25) is 9.59 Å². The number of esters is 1. The fourth-order valence-electron chi connectivity index (χ4n) is 1.40. The van der Waals surface area contributed by atoms with Gasteiger partial charge in [0.05, 0.1) is 13.0 Å². The average Bonchev–Trinajstić information content (AvgIpc) is 2.38. The second-order valence-corrected chi connectivity index (χ2v) is 4.55. The van der Waals surface area contributed by atoms with E-state index in [1.54, 1.807) is 24.3 Å². The summed E-state index contributed by atoms with van der Waals surface area (Å²) in [5.41, 5.74) is 6.18. The zero-order valence-electron chi connectivity index (χ0n) is 11.7. The lowest BCUT2D eigenvalue weighted by Crippen LogP contribution is -2.34. The van der Waals surface area contributed by atoms with Crippen LogP contribution in [-0.2, 0) is 14.3 Å². The zero-order chi connectivity index (χ0) is 15.0. The van der Waals surface area contributed by atoms with Crippen LogP contribution in [0.25, 0.3) is 0 Å². The summed E-state index contributed by atoms with van der Waals surface area (Å²) in [5.74, 6) is -0.156. The summed E-state index contributed by atoms with van der Waals surface area (Å²) in [6, 6.07) is 6.89. The summed E-state index contributed by atoms with van der Waals surface area (Å²) < 4.78 is 10.2. The van der Waals surface area contributed by atoms with Crippen molar-refractivity contribution in [3.05, 3.63) is 24.3 Å². The summed E-state index contributed by atoms with van der Waals surface area (Å²) in [7, 11) is 0. The first-order valence-corrected chi connectivity index (χ1v) is 6.40. The molecule has 0 atom stereocenters. The van der Waals surface area contributed by atoms with Crippen LogP contribution in [0, 0.1) is 0 Å². The number of nitrogen functional groups attached to an aromatic ring is 1. The number of nitrogens with one attached hydrogen (secondary N) is 1. The summed E-state index contributed by atoms with van der Waals surface area (Å²) in [5, 5.41) is 2.63. The largest absolute Gasteiger partial charge is 0.493 e. The van der Waals surface area contributed by atoms with Crippen molar-refractivity contribution in [2.24, 2.45) is 0 Å². The standard InChI is InChI=1S/C14H20N2O4/c1-10(2)16-13(17)9-20-14(18)7-8-19-12-5-3-11(15)4-6-12/h3-6,10H,7-9,15H2,1-2H3,(H,16,17). The summed E-state index contributed by atoms with van der Waals surface area (Å²) >= 11 is 0. The third-order valence-corrected chi connectivity index (χ3v) is 2.27. The Morgan fingerprint density at radius 3 is 2.50 bits per heavy atom. The molecule has 1 rings (SSSR count). The number of carbonyl (C=O) groups excluding carboxylic acids is 2. The molecule has 0 bridgehead atoms. The number of carbonyl (C=O) groups is 2. The molecule has 3 N–H and O–H groups in total. The highest BCUT2D eigenvalue weighted by molar-refractivity contribution is 5.80. The number of hydrogen-bond acceptors (Lipinski definition) is 5. The van der Waals surface area contributed by atoms with Gasteiger partial charge >= 0.3 is 5.97 Å². The van der Waals surface area contributed by atoms with Crippen molar-refractivity contribution >= 4 is 17.6 Å². The molecule has 6 heteroatoms. The van der Waals surface area contributed by atoms with Crippen molar-refractivity contribution in [3.8, 4) is 5.75 Å². The van der Waals surface area contributed by atoms with Crippen LogP contribution in [0.3, 0.4) is 0 Å². The monoisotopic (exact) mass is 280 g/mol. The van der Waals surface area contributed by atoms with E-state index >= 15 is 0 Å². The van der Waals surface area contributed by atoms with Gasteiger partial charge in [-0.15, -0.1) is 0 Å². The number of benzene rings is 1. The highest BCUT2D eigenvalue weighted by Crippen LogP contribution is 2.13. The number of nitrogens with two attached hydrogens (primary N) is 1. The van der Waals surface area contributed by atoms with E-state index in [2.05, 4.69) is 5.32 Å². The van der Waals surface area contributed by atoms with Gasteiger partial charge in [0.25, 0.3) is 5.91 Å². The molecule has 0 saturated heterocycles. The Morgan fingerprint density at radius 1 is 1.25 bits per heavy atom. The van der Waals surface area contributed by atoms with Crippen LogP contribution >= 0.6 is 0 Å². The molecule has 0 aliphatic heterocycles. The minimum absolute atomic E-state index is 0.0232. The molecule has 0 aliphatic carbocycles. The molecule has 0 aliphatic rings. The van der Waals surface area contributed by atoms with Gasteiger partial charge in [-0.1, -0.05) is 0 Å². The van der Waals surface area contributed by atoms with E-state index in [-0.39, 0.29) is 31.6 Å². The Hall–Kier alpha value is -2.24. The second kappa shape index (κ2) is 8.04. The highest BCUT2D eigenvalue weighted by Gasteiger charge is 2.08. The first-order chi connectivity index (χ1) is 9.47. The molecule has 0 radical (unpaired) electrons. The number of rotatable bonds is 7. The minimum atomic E-state index is -0.473. The van der Waals surface area contributed by atoms with Gasteiger partial charge in [-0.25, -0.2) is 0 Å². The van der Waals surface area contributed by atoms with E-state index < -0.39 is 5.97 Å². The van der Waals surface area contributed by atoms with E-state index in [4.69, 9.17) is 15.2 Å². The maximum atomic E-state index is 11.4. The molecule has 0 fully saturated rings. The maximum Gasteiger partial charge on any atom is 0.309 e. The Bertz CT molecular complexity index is 443. The van der Waals surface area contributed by atoms with Crippen molar-refractivity contribution in [2.45, 2.75) is 26.3 Å². The van der Waals surface area contributed by atoms with Crippen LogP contribution in [0.2, 0.25) is 0 Å². The zero-order valence-corrected chi connectivity index (χ0v) is 11.7. The third kappa shape index (κ3) is 6.63. The molecular formula is C14H20N2O4. The van der Waals surface area contributed by atoms with Crippen LogP contribution in [0.4, 0.5) is 5.69 Å². The number of ether oxygens (including phenoxy) is 2. The summed E-state index contributed by atoms with van der Waals surface area (Å²) in [6.45, 7) is 3.59. The molecule has 20 heavy (non-hydrogen) atoms. The number of anilines is 1. The molecule has 1 amide bonds. The Morgan fingerprint density at radius 2 is 1.90 bits per heavy atom. The molecule has 110 valence electrons. The lowest BCUT2D eigenvalue weighted by atomic mass is 10.3. The Kier molecular flexibility index (Phi) is 6.36. The van der Waals surface area contributed by atoms with E-state index in [1.165, 1.54) is 0 Å². The molecular weight excluding hydrogens is 260 g/mol. The van der Waals surface area contributed by atoms with Gasteiger partial charge in [-0.2, -0.15) is 0 Å². The molecule has 0 heterocycles. The normalized spacial score (nSPS) is 10.2. The first kappa shape index (κ1) is 15.8. The lowest BCUT2D eigenvalue weighted by Gasteiger charge is -2.09. The topological polar surface area (TPSA) is 90.6 Å².